The van der Waals surface area contributed by atoms with Crippen LogP contribution >= 0.6 is 11.6 Å². The molecule has 2 N–H and O–H groups in total. The summed E-state index contributed by atoms with van der Waals surface area (Å²) in [6, 6.07) is 7.68. The fraction of sp³-hybridized carbons (Fsp3) is 0.462. The van der Waals surface area contributed by atoms with E-state index in [0.717, 1.165) is 23.8 Å². The van der Waals surface area contributed by atoms with Crippen LogP contribution in [0.25, 0.3) is 0 Å². The molecule has 0 saturated carbocycles. The first kappa shape index (κ1) is 13.2. The summed E-state index contributed by atoms with van der Waals surface area (Å²) in [6.45, 7) is 1.49. The summed E-state index contributed by atoms with van der Waals surface area (Å²) in [5.74, 6) is -0.321. The molecule has 1 fully saturated rings. The van der Waals surface area contributed by atoms with E-state index in [2.05, 4.69) is 4.90 Å². The average molecular weight is 269 g/mol. The van der Waals surface area contributed by atoms with Crippen LogP contribution in [0.4, 0.5) is 5.69 Å². The highest BCUT2D eigenvalue weighted by molar-refractivity contribution is 6.30. The first-order valence-corrected chi connectivity index (χ1v) is 6.31. The Kier molecular flexibility index (Phi) is 3.78. The van der Waals surface area contributed by atoms with E-state index >= 15 is 0 Å². The van der Waals surface area contributed by atoms with Crippen molar-refractivity contribution in [2.24, 2.45) is 5.73 Å². The van der Waals surface area contributed by atoms with Gasteiger partial charge in [-0.1, -0.05) is 11.6 Å². The third-order valence-corrected chi connectivity index (χ3v) is 3.69. The number of anilines is 1. The van der Waals surface area contributed by atoms with E-state index in [1.165, 1.54) is 7.11 Å². The standard InChI is InChI=1S/C13H17ClN2O2/c1-18-12(17)13(15)6-8-16(9-7-13)11-4-2-10(14)3-5-11/h2-5H,6-9,15H2,1H3. The molecule has 18 heavy (non-hydrogen) atoms. The summed E-state index contributed by atoms with van der Waals surface area (Å²) in [4.78, 5) is 13.8. The lowest BCUT2D eigenvalue weighted by Crippen LogP contribution is -2.56. The highest BCUT2D eigenvalue weighted by Crippen LogP contribution is 2.26. The van der Waals surface area contributed by atoms with E-state index in [4.69, 9.17) is 22.1 Å². The number of halogens is 1. The maximum Gasteiger partial charge on any atom is 0.325 e. The molecule has 5 heteroatoms. The second-order valence-corrected chi connectivity index (χ2v) is 5.05. The van der Waals surface area contributed by atoms with Crippen LogP contribution in [0.2, 0.25) is 5.02 Å². The minimum Gasteiger partial charge on any atom is -0.468 e. The molecular formula is C13H17ClN2O2. The molecule has 0 unspecified atom stereocenters. The van der Waals surface area contributed by atoms with Gasteiger partial charge in [-0.2, -0.15) is 0 Å². The van der Waals surface area contributed by atoms with Crippen molar-refractivity contribution in [3.8, 4) is 0 Å². The maximum atomic E-state index is 11.6. The van der Waals surface area contributed by atoms with Gasteiger partial charge in [-0.15, -0.1) is 0 Å². The molecule has 0 bridgehead atoms. The van der Waals surface area contributed by atoms with Crippen LogP contribution in [0.3, 0.4) is 0 Å². The van der Waals surface area contributed by atoms with Crippen molar-refractivity contribution in [1.29, 1.82) is 0 Å². The van der Waals surface area contributed by atoms with E-state index in [1.54, 1.807) is 0 Å². The summed E-state index contributed by atoms with van der Waals surface area (Å²) >= 11 is 5.86. The fourth-order valence-corrected chi connectivity index (χ4v) is 2.35. The zero-order chi connectivity index (χ0) is 13.2. The Morgan fingerprint density at radius 1 is 1.33 bits per heavy atom. The molecule has 1 aromatic rings. The topological polar surface area (TPSA) is 55.6 Å². The molecule has 0 radical (unpaired) electrons. The Hall–Kier alpha value is -1.26. The van der Waals surface area contributed by atoms with Crippen molar-refractivity contribution >= 4 is 23.3 Å². The van der Waals surface area contributed by atoms with Crippen LogP contribution < -0.4 is 10.6 Å². The zero-order valence-electron chi connectivity index (χ0n) is 10.4. The van der Waals surface area contributed by atoms with Crippen molar-refractivity contribution in [3.63, 3.8) is 0 Å². The van der Waals surface area contributed by atoms with Gasteiger partial charge in [-0.25, -0.2) is 0 Å². The number of ether oxygens (including phenoxy) is 1. The van der Waals surface area contributed by atoms with Gasteiger partial charge in [0.15, 0.2) is 0 Å². The Balaban J connectivity index is 2.02. The van der Waals surface area contributed by atoms with E-state index in [1.807, 2.05) is 24.3 Å². The molecule has 98 valence electrons. The first-order valence-electron chi connectivity index (χ1n) is 5.93. The maximum absolute atomic E-state index is 11.6. The molecule has 0 aromatic heterocycles. The van der Waals surface area contributed by atoms with Crippen LogP contribution in [-0.2, 0) is 9.53 Å². The predicted molar refractivity (Wildman–Crippen MR) is 71.8 cm³/mol. The second kappa shape index (κ2) is 5.16. The van der Waals surface area contributed by atoms with E-state index in [0.29, 0.717) is 12.8 Å². The highest BCUT2D eigenvalue weighted by atomic mass is 35.5. The van der Waals surface area contributed by atoms with Gasteiger partial charge in [0.25, 0.3) is 0 Å². The summed E-state index contributed by atoms with van der Waals surface area (Å²) in [7, 11) is 1.38. The third kappa shape index (κ3) is 2.60. The SMILES string of the molecule is COC(=O)C1(N)CCN(c2ccc(Cl)cc2)CC1. The fourth-order valence-electron chi connectivity index (χ4n) is 2.22. The Bertz CT molecular complexity index is 425. The van der Waals surface area contributed by atoms with Gasteiger partial charge >= 0.3 is 5.97 Å². The van der Waals surface area contributed by atoms with E-state index in [9.17, 15) is 4.79 Å². The van der Waals surface area contributed by atoms with Gasteiger partial charge in [-0.3, -0.25) is 4.79 Å². The molecule has 1 saturated heterocycles. The van der Waals surface area contributed by atoms with Gasteiger partial charge in [0.2, 0.25) is 0 Å². The van der Waals surface area contributed by atoms with Crippen molar-refractivity contribution in [1.82, 2.24) is 0 Å². The van der Waals surface area contributed by atoms with Gasteiger partial charge in [0, 0.05) is 23.8 Å². The number of nitrogens with two attached hydrogens (primary N) is 1. The molecule has 1 aliphatic heterocycles. The van der Waals surface area contributed by atoms with Crippen molar-refractivity contribution in [2.45, 2.75) is 18.4 Å². The second-order valence-electron chi connectivity index (χ2n) is 4.61. The minimum atomic E-state index is -0.836. The van der Waals surface area contributed by atoms with E-state index in [-0.39, 0.29) is 5.97 Å². The number of nitrogens with zero attached hydrogens (tertiary/aromatic N) is 1. The van der Waals surface area contributed by atoms with Gasteiger partial charge in [0.1, 0.15) is 5.54 Å². The molecule has 1 aromatic carbocycles. The van der Waals surface area contributed by atoms with Crippen LogP contribution in [-0.4, -0.2) is 31.7 Å². The van der Waals surface area contributed by atoms with Crippen LogP contribution in [0.5, 0.6) is 0 Å². The molecule has 1 heterocycles. The summed E-state index contributed by atoms with van der Waals surface area (Å²) in [5, 5.41) is 0.721. The lowest BCUT2D eigenvalue weighted by Gasteiger charge is -2.38. The summed E-state index contributed by atoms with van der Waals surface area (Å²) in [5.41, 5.74) is 6.32. The smallest absolute Gasteiger partial charge is 0.325 e. The van der Waals surface area contributed by atoms with Gasteiger partial charge < -0.3 is 15.4 Å². The molecule has 1 aliphatic rings. The lowest BCUT2D eigenvalue weighted by atomic mass is 9.88. The van der Waals surface area contributed by atoms with Crippen LogP contribution in [0, 0.1) is 0 Å². The number of methoxy groups -OCH3 is 1. The van der Waals surface area contributed by atoms with Crippen LogP contribution in [0.15, 0.2) is 24.3 Å². The number of rotatable bonds is 2. The number of esters is 1. The Morgan fingerprint density at radius 3 is 2.39 bits per heavy atom. The minimum absolute atomic E-state index is 0.321. The molecule has 0 amide bonds. The van der Waals surface area contributed by atoms with Crippen molar-refractivity contribution in [2.75, 3.05) is 25.1 Å². The summed E-state index contributed by atoms with van der Waals surface area (Å²) in [6.07, 6.45) is 1.20. The molecule has 0 spiro atoms. The van der Waals surface area contributed by atoms with Gasteiger partial charge in [0.05, 0.1) is 7.11 Å². The number of carbonyl (C=O) groups is 1. The Labute approximate surface area is 112 Å². The lowest BCUT2D eigenvalue weighted by molar-refractivity contribution is -0.147. The monoisotopic (exact) mass is 268 g/mol. The Morgan fingerprint density at radius 2 is 1.89 bits per heavy atom. The van der Waals surface area contributed by atoms with Crippen LogP contribution in [0.1, 0.15) is 12.8 Å². The highest BCUT2D eigenvalue weighted by Gasteiger charge is 2.38. The number of carbonyl (C=O) groups excluding carboxylic acids is 1. The van der Waals surface area contributed by atoms with Crippen molar-refractivity contribution in [3.05, 3.63) is 29.3 Å². The summed E-state index contributed by atoms with van der Waals surface area (Å²) < 4.78 is 4.75. The molecule has 0 atom stereocenters. The van der Waals surface area contributed by atoms with Gasteiger partial charge in [-0.05, 0) is 37.1 Å². The number of benzene rings is 1. The number of hydrogen-bond acceptors (Lipinski definition) is 4. The molecular weight excluding hydrogens is 252 g/mol. The first-order chi connectivity index (χ1) is 8.55. The predicted octanol–water partition coefficient (Wildman–Crippen LogP) is 1.81. The molecule has 2 rings (SSSR count). The normalized spacial score (nSPS) is 18.5. The molecule has 4 nitrogen and oxygen atoms in total. The third-order valence-electron chi connectivity index (χ3n) is 3.44. The average Bonchev–Trinajstić information content (AvgIpc) is 2.40. The quantitative estimate of drug-likeness (QED) is 0.831. The largest absolute Gasteiger partial charge is 0.468 e. The van der Waals surface area contributed by atoms with Crippen molar-refractivity contribution < 1.29 is 9.53 Å². The zero-order valence-corrected chi connectivity index (χ0v) is 11.1. The molecule has 0 aliphatic carbocycles. The number of hydrogen-bond donors (Lipinski definition) is 1. The van der Waals surface area contributed by atoms with E-state index < -0.39 is 5.54 Å². The number of piperidine rings is 1.